The Hall–Kier alpha value is -1.76. The van der Waals surface area contributed by atoms with Gasteiger partial charge >= 0.3 is 6.18 Å². The fraction of sp³-hybridized carbons (Fsp3) is 0.526. The van der Waals surface area contributed by atoms with Crippen molar-refractivity contribution in [3.63, 3.8) is 0 Å². The molecule has 2 aromatic rings. The van der Waals surface area contributed by atoms with E-state index in [1.807, 2.05) is 24.3 Å². The van der Waals surface area contributed by atoms with Crippen LogP contribution in [0, 0.1) is 0 Å². The molecule has 0 aliphatic carbocycles. The predicted molar refractivity (Wildman–Crippen MR) is 126 cm³/mol. The van der Waals surface area contributed by atoms with E-state index in [2.05, 4.69) is 25.7 Å². The molecule has 3 rings (SSSR count). The number of aryl methyl sites for hydroxylation is 2. The molecule has 3 heterocycles. The smallest absolute Gasteiger partial charge is 0.356 e. The van der Waals surface area contributed by atoms with Crippen LogP contribution in [0.3, 0.4) is 0 Å². The van der Waals surface area contributed by atoms with E-state index in [-0.39, 0.29) is 35.0 Å². The van der Waals surface area contributed by atoms with Gasteiger partial charge in [0.1, 0.15) is 5.82 Å². The van der Waals surface area contributed by atoms with Crippen molar-refractivity contribution in [2.24, 2.45) is 12.0 Å². The maximum atomic E-state index is 12.8. The van der Waals surface area contributed by atoms with Gasteiger partial charge in [-0.15, -0.1) is 24.0 Å². The Bertz CT molecular complexity index is 888. The molecule has 1 aliphatic rings. The summed E-state index contributed by atoms with van der Waals surface area (Å²) in [6, 6.07) is 1.02. The molecule has 0 radical (unpaired) electrons. The number of aliphatic imine (C=N–C) groups is 1. The number of pyridine rings is 1. The average Bonchev–Trinajstić information content (AvgIpc) is 3.32. The number of rotatable bonds is 6. The van der Waals surface area contributed by atoms with Crippen molar-refractivity contribution in [3.05, 3.63) is 40.8 Å². The molecule has 12 heteroatoms. The van der Waals surface area contributed by atoms with E-state index < -0.39 is 11.7 Å². The van der Waals surface area contributed by atoms with Crippen molar-refractivity contribution in [2.45, 2.75) is 31.5 Å². The van der Waals surface area contributed by atoms with E-state index in [0.29, 0.717) is 24.9 Å². The highest BCUT2D eigenvalue weighted by Crippen LogP contribution is 2.34. The van der Waals surface area contributed by atoms with Gasteiger partial charge in [0.05, 0.1) is 16.8 Å². The molecule has 0 aromatic carbocycles. The first-order valence-electron chi connectivity index (χ1n) is 9.68. The predicted octanol–water partition coefficient (Wildman–Crippen LogP) is 3.48. The van der Waals surface area contributed by atoms with Gasteiger partial charge in [0, 0.05) is 52.2 Å². The monoisotopic (exact) mass is 571 g/mol. The lowest BCUT2D eigenvalue weighted by molar-refractivity contribution is -0.137. The first-order valence-corrected chi connectivity index (χ1v) is 10.1. The van der Waals surface area contributed by atoms with Crippen molar-refractivity contribution in [1.82, 2.24) is 25.4 Å². The number of nitrogens with zero attached hydrogens (tertiary/aromatic N) is 5. The Morgan fingerprint density at radius 1 is 1.35 bits per heavy atom. The summed E-state index contributed by atoms with van der Waals surface area (Å²) in [5.74, 6) is 1.06. The van der Waals surface area contributed by atoms with Gasteiger partial charge < -0.3 is 15.5 Å². The molecule has 1 unspecified atom stereocenters. The van der Waals surface area contributed by atoms with Crippen LogP contribution in [0.5, 0.6) is 0 Å². The summed E-state index contributed by atoms with van der Waals surface area (Å²) in [7, 11) is 3.60. The zero-order valence-corrected chi connectivity index (χ0v) is 20.4. The fourth-order valence-corrected chi connectivity index (χ4v) is 3.66. The third kappa shape index (κ3) is 7.13. The van der Waals surface area contributed by atoms with Crippen LogP contribution >= 0.6 is 35.6 Å². The van der Waals surface area contributed by atoms with Crippen LogP contribution in [0.4, 0.5) is 19.0 Å². The summed E-state index contributed by atoms with van der Waals surface area (Å²) in [5, 5.41) is 10.8. The van der Waals surface area contributed by atoms with E-state index >= 15 is 0 Å². The van der Waals surface area contributed by atoms with Gasteiger partial charge in [-0.25, -0.2) is 4.98 Å². The Balaban J connectivity index is 0.00000341. The molecule has 0 saturated carbocycles. The van der Waals surface area contributed by atoms with Gasteiger partial charge in [0.2, 0.25) is 0 Å². The Morgan fingerprint density at radius 3 is 2.74 bits per heavy atom. The molecule has 0 amide bonds. The van der Waals surface area contributed by atoms with Gasteiger partial charge in [0.15, 0.2) is 5.96 Å². The molecule has 172 valence electrons. The number of alkyl halides is 3. The number of nitrogens with one attached hydrogen (secondary N) is 2. The lowest BCUT2D eigenvalue weighted by Crippen LogP contribution is -2.45. The Morgan fingerprint density at radius 2 is 2.13 bits per heavy atom. The second-order valence-electron chi connectivity index (χ2n) is 7.23. The Kier molecular flexibility index (Phi) is 9.22. The molecule has 31 heavy (non-hydrogen) atoms. The molecular weight excluding hydrogens is 546 g/mol. The van der Waals surface area contributed by atoms with Crippen LogP contribution in [0.15, 0.2) is 29.6 Å². The lowest BCUT2D eigenvalue weighted by Gasteiger charge is -2.21. The van der Waals surface area contributed by atoms with E-state index in [0.717, 1.165) is 38.1 Å². The molecule has 1 fully saturated rings. The minimum absolute atomic E-state index is 0. The SMILES string of the molecule is CN=C(NCCCc1cnn(C)c1)NC1CCN(c2ncc(C(F)(F)F)cc2Cl)C1.I. The van der Waals surface area contributed by atoms with E-state index in [9.17, 15) is 13.2 Å². The van der Waals surface area contributed by atoms with Crippen LogP contribution in [0.2, 0.25) is 5.02 Å². The summed E-state index contributed by atoms with van der Waals surface area (Å²) >= 11 is 6.07. The van der Waals surface area contributed by atoms with Gasteiger partial charge in [-0.05, 0) is 30.9 Å². The summed E-state index contributed by atoms with van der Waals surface area (Å²) < 4.78 is 40.2. The first kappa shape index (κ1) is 25.5. The molecule has 1 atom stereocenters. The molecule has 0 spiro atoms. The number of guanidine groups is 1. The molecular formula is C19H26ClF3IN7. The second kappa shape index (κ2) is 11.2. The summed E-state index contributed by atoms with van der Waals surface area (Å²) in [5.41, 5.74) is 0.343. The van der Waals surface area contributed by atoms with Gasteiger partial charge in [-0.2, -0.15) is 18.3 Å². The fourth-order valence-electron chi connectivity index (χ4n) is 3.38. The van der Waals surface area contributed by atoms with Crippen molar-refractivity contribution >= 4 is 47.4 Å². The zero-order chi connectivity index (χ0) is 21.7. The largest absolute Gasteiger partial charge is 0.417 e. The first-order chi connectivity index (χ1) is 14.3. The Labute approximate surface area is 201 Å². The van der Waals surface area contributed by atoms with Crippen molar-refractivity contribution in [3.8, 4) is 0 Å². The highest BCUT2D eigenvalue weighted by atomic mass is 127. The molecule has 2 aromatic heterocycles. The quantitative estimate of drug-likeness (QED) is 0.241. The minimum atomic E-state index is -4.46. The molecule has 1 saturated heterocycles. The van der Waals surface area contributed by atoms with Gasteiger partial charge in [0.25, 0.3) is 0 Å². The number of hydrogen-bond donors (Lipinski definition) is 2. The molecule has 1 aliphatic heterocycles. The number of aromatic nitrogens is 3. The minimum Gasteiger partial charge on any atom is -0.356 e. The van der Waals surface area contributed by atoms with Crippen LogP contribution in [-0.4, -0.2) is 53.4 Å². The number of anilines is 1. The molecule has 2 N–H and O–H groups in total. The summed E-state index contributed by atoms with van der Waals surface area (Å²) in [6.45, 7) is 1.99. The van der Waals surface area contributed by atoms with Crippen molar-refractivity contribution in [1.29, 1.82) is 0 Å². The van der Waals surface area contributed by atoms with E-state index in [4.69, 9.17) is 11.6 Å². The average molecular weight is 572 g/mol. The highest BCUT2D eigenvalue weighted by Gasteiger charge is 2.33. The molecule has 7 nitrogen and oxygen atoms in total. The second-order valence-corrected chi connectivity index (χ2v) is 7.64. The van der Waals surface area contributed by atoms with Crippen molar-refractivity contribution in [2.75, 3.05) is 31.6 Å². The van der Waals surface area contributed by atoms with Crippen LogP contribution in [0.25, 0.3) is 0 Å². The standard InChI is InChI=1S/C19H25ClF3N7.HI/c1-24-18(25-6-3-4-13-9-27-29(2)11-13)28-15-5-7-30(12-15)17-16(20)8-14(10-26-17)19(21,22)23;/h8-11,15H,3-7,12H2,1-2H3,(H2,24,25,28);1H. The van der Waals surface area contributed by atoms with Crippen LogP contribution in [0.1, 0.15) is 24.0 Å². The lowest BCUT2D eigenvalue weighted by atomic mass is 10.2. The van der Waals surface area contributed by atoms with E-state index in [1.54, 1.807) is 11.7 Å². The van der Waals surface area contributed by atoms with Crippen molar-refractivity contribution < 1.29 is 13.2 Å². The highest BCUT2D eigenvalue weighted by molar-refractivity contribution is 14.0. The number of halogens is 5. The maximum absolute atomic E-state index is 12.8. The summed E-state index contributed by atoms with van der Waals surface area (Å²) in [6.07, 6.45) is 2.89. The normalized spacial score (nSPS) is 16.9. The topological polar surface area (TPSA) is 70.4 Å². The third-order valence-corrected chi connectivity index (χ3v) is 5.17. The number of hydrogen-bond acceptors (Lipinski definition) is 4. The molecule has 0 bridgehead atoms. The third-order valence-electron chi connectivity index (χ3n) is 4.89. The van der Waals surface area contributed by atoms with Crippen LogP contribution < -0.4 is 15.5 Å². The van der Waals surface area contributed by atoms with E-state index in [1.165, 1.54) is 5.56 Å². The van der Waals surface area contributed by atoms with Gasteiger partial charge in [-0.3, -0.25) is 9.67 Å². The maximum Gasteiger partial charge on any atom is 0.417 e. The van der Waals surface area contributed by atoms with Gasteiger partial charge in [-0.1, -0.05) is 11.6 Å². The summed E-state index contributed by atoms with van der Waals surface area (Å²) in [4.78, 5) is 10.1. The zero-order valence-electron chi connectivity index (χ0n) is 17.3. The van der Waals surface area contributed by atoms with Crippen LogP contribution in [-0.2, 0) is 19.6 Å².